The van der Waals surface area contributed by atoms with E-state index in [1.807, 2.05) is 9.58 Å². The van der Waals surface area contributed by atoms with Crippen LogP contribution in [0.2, 0.25) is 0 Å². The lowest BCUT2D eigenvalue weighted by Crippen LogP contribution is -2.37. The van der Waals surface area contributed by atoms with Gasteiger partial charge in [-0.3, -0.25) is 9.69 Å². The minimum absolute atomic E-state index is 0.141. The summed E-state index contributed by atoms with van der Waals surface area (Å²) in [5, 5.41) is 4.53. The van der Waals surface area contributed by atoms with Gasteiger partial charge in [0.15, 0.2) is 0 Å². The van der Waals surface area contributed by atoms with Crippen LogP contribution >= 0.6 is 0 Å². The van der Waals surface area contributed by atoms with Crippen molar-refractivity contribution in [3.05, 3.63) is 47.3 Å². The summed E-state index contributed by atoms with van der Waals surface area (Å²) in [7, 11) is 0. The molecule has 138 valence electrons. The molecule has 0 radical (unpaired) electrons. The number of hydrogen-bond acceptors (Lipinski definition) is 3. The van der Waals surface area contributed by atoms with Gasteiger partial charge in [-0.1, -0.05) is 24.6 Å². The summed E-state index contributed by atoms with van der Waals surface area (Å²) >= 11 is 0. The van der Waals surface area contributed by atoms with Gasteiger partial charge in [0.25, 0.3) is 5.91 Å². The van der Waals surface area contributed by atoms with Gasteiger partial charge in [-0.05, 0) is 57.8 Å². The highest BCUT2D eigenvalue weighted by Gasteiger charge is 2.33. The first-order valence-corrected chi connectivity index (χ1v) is 9.84. The van der Waals surface area contributed by atoms with Crippen LogP contribution in [0.25, 0.3) is 5.69 Å². The highest BCUT2D eigenvalue weighted by molar-refractivity contribution is 5.95. The number of rotatable bonds is 4. The number of aromatic nitrogens is 2. The van der Waals surface area contributed by atoms with Gasteiger partial charge in [0, 0.05) is 19.1 Å². The van der Waals surface area contributed by atoms with Crippen molar-refractivity contribution in [2.24, 2.45) is 0 Å². The van der Waals surface area contributed by atoms with Gasteiger partial charge in [-0.25, -0.2) is 4.68 Å². The quantitative estimate of drug-likeness (QED) is 0.849. The number of nitrogens with zero attached hydrogens (tertiary/aromatic N) is 4. The van der Waals surface area contributed by atoms with Crippen LogP contribution in [0.3, 0.4) is 0 Å². The number of carbonyl (C=O) groups excluding carboxylic acids is 1. The van der Waals surface area contributed by atoms with Gasteiger partial charge in [0.2, 0.25) is 0 Å². The zero-order valence-corrected chi connectivity index (χ0v) is 15.8. The van der Waals surface area contributed by atoms with Gasteiger partial charge in [-0.2, -0.15) is 5.10 Å². The summed E-state index contributed by atoms with van der Waals surface area (Å²) in [5.41, 5.74) is 4.00. The van der Waals surface area contributed by atoms with Crippen LogP contribution < -0.4 is 0 Å². The summed E-state index contributed by atoms with van der Waals surface area (Å²) in [6.45, 7) is 8.27. The SMILES string of the molecule is CCc1c(C(=O)N2CC[C@H](N3CCCC3)C2)cnn1-c1ccc(C)cc1. The lowest BCUT2D eigenvalue weighted by atomic mass is 10.1. The largest absolute Gasteiger partial charge is 0.337 e. The molecule has 2 aliphatic heterocycles. The number of benzene rings is 1. The van der Waals surface area contributed by atoms with E-state index in [2.05, 4.69) is 48.1 Å². The Morgan fingerprint density at radius 2 is 1.88 bits per heavy atom. The molecule has 26 heavy (non-hydrogen) atoms. The van der Waals surface area contributed by atoms with E-state index in [1.165, 1.54) is 31.5 Å². The first-order chi connectivity index (χ1) is 12.7. The van der Waals surface area contributed by atoms with E-state index in [-0.39, 0.29) is 5.91 Å². The van der Waals surface area contributed by atoms with Crippen molar-refractivity contribution in [1.29, 1.82) is 0 Å². The predicted octanol–water partition coefficient (Wildman–Crippen LogP) is 3.05. The molecule has 1 aromatic heterocycles. The molecule has 2 aromatic rings. The molecule has 0 spiro atoms. The van der Waals surface area contributed by atoms with Crippen LogP contribution in [0.1, 0.15) is 47.8 Å². The molecule has 5 heteroatoms. The van der Waals surface area contributed by atoms with E-state index in [4.69, 9.17) is 0 Å². The van der Waals surface area contributed by atoms with Crippen LogP contribution in [0.4, 0.5) is 0 Å². The molecule has 0 aliphatic carbocycles. The van der Waals surface area contributed by atoms with E-state index < -0.39 is 0 Å². The fourth-order valence-corrected chi connectivity index (χ4v) is 4.30. The topological polar surface area (TPSA) is 41.4 Å². The molecule has 3 heterocycles. The average Bonchev–Trinajstić information content (AvgIpc) is 3.40. The van der Waals surface area contributed by atoms with E-state index in [0.717, 1.165) is 42.9 Å². The summed E-state index contributed by atoms with van der Waals surface area (Å²) in [6, 6.07) is 8.83. The predicted molar refractivity (Wildman–Crippen MR) is 103 cm³/mol. The molecule has 1 aromatic carbocycles. The number of likely N-dealkylation sites (tertiary alicyclic amines) is 2. The Balaban J connectivity index is 1.54. The lowest BCUT2D eigenvalue weighted by Gasteiger charge is -2.23. The Labute approximate surface area is 155 Å². The van der Waals surface area contributed by atoms with Crippen molar-refractivity contribution < 1.29 is 4.79 Å². The van der Waals surface area contributed by atoms with Crippen molar-refractivity contribution in [3.8, 4) is 5.69 Å². The van der Waals surface area contributed by atoms with E-state index in [9.17, 15) is 4.79 Å². The molecule has 2 saturated heterocycles. The second-order valence-electron chi connectivity index (χ2n) is 7.54. The summed E-state index contributed by atoms with van der Waals surface area (Å²) in [5.74, 6) is 0.141. The van der Waals surface area contributed by atoms with Crippen LogP contribution in [-0.2, 0) is 6.42 Å². The monoisotopic (exact) mass is 352 g/mol. The van der Waals surface area contributed by atoms with Crippen molar-refractivity contribution in [1.82, 2.24) is 19.6 Å². The molecule has 0 unspecified atom stereocenters. The number of hydrogen-bond donors (Lipinski definition) is 0. The Morgan fingerprint density at radius 1 is 1.15 bits per heavy atom. The number of amides is 1. The second kappa shape index (κ2) is 7.23. The minimum atomic E-state index is 0.141. The highest BCUT2D eigenvalue weighted by atomic mass is 16.2. The third-order valence-corrected chi connectivity index (χ3v) is 5.82. The average molecular weight is 352 g/mol. The van der Waals surface area contributed by atoms with Gasteiger partial charge in [-0.15, -0.1) is 0 Å². The van der Waals surface area contributed by atoms with Crippen LogP contribution in [0.15, 0.2) is 30.5 Å². The maximum absolute atomic E-state index is 13.1. The first kappa shape index (κ1) is 17.3. The molecular weight excluding hydrogens is 324 g/mol. The van der Waals surface area contributed by atoms with Gasteiger partial charge >= 0.3 is 0 Å². The first-order valence-electron chi connectivity index (χ1n) is 9.84. The molecule has 2 aliphatic rings. The third-order valence-electron chi connectivity index (χ3n) is 5.82. The third kappa shape index (κ3) is 3.16. The van der Waals surface area contributed by atoms with Gasteiger partial charge < -0.3 is 4.90 Å². The molecular formula is C21H28N4O. The Kier molecular flexibility index (Phi) is 4.81. The number of aryl methyl sites for hydroxylation is 1. The van der Waals surface area contributed by atoms with E-state index >= 15 is 0 Å². The Bertz CT molecular complexity index is 774. The van der Waals surface area contributed by atoms with E-state index in [1.54, 1.807) is 6.20 Å². The van der Waals surface area contributed by atoms with Crippen LogP contribution in [-0.4, -0.2) is 57.7 Å². The van der Waals surface area contributed by atoms with Crippen LogP contribution in [0, 0.1) is 6.92 Å². The van der Waals surface area contributed by atoms with E-state index in [0.29, 0.717) is 6.04 Å². The summed E-state index contributed by atoms with van der Waals surface area (Å²) < 4.78 is 1.92. The maximum atomic E-state index is 13.1. The zero-order valence-electron chi connectivity index (χ0n) is 15.8. The van der Waals surface area contributed by atoms with Crippen LogP contribution in [0.5, 0.6) is 0 Å². The maximum Gasteiger partial charge on any atom is 0.257 e. The minimum Gasteiger partial charge on any atom is -0.337 e. The smallest absolute Gasteiger partial charge is 0.257 e. The lowest BCUT2D eigenvalue weighted by molar-refractivity contribution is 0.0779. The zero-order chi connectivity index (χ0) is 18.1. The summed E-state index contributed by atoms with van der Waals surface area (Å²) in [6.07, 6.45) is 6.24. The highest BCUT2D eigenvalue weighted by Crippen LogP contribution is 2.24. The second-order valence-corrected chi connectivity index (χ2v) is 7.54. The molecule has 0 saturated carbocycles. The van der Waals surface area contributed by atoms with Crippen molar-refractivity contribution >= 4 is 5.91 Å². The van der Waals surface area contributed by atoms with Crippen molar-refractivity contribution in [3.63, 3.8) is 0 Å². The molecule has 2 fully saturated rings. The normalized spacial score (nSPS) is 20.8. The fraction of sp³-hybridized carbons (Fsp3) is 0.524. The molecule has 5 nitrogen and oxygen atoms in total. The standard InChI is InChI=1S/C21H28N4O/c1-3-20-19(14-22-25(20)17-8-6-16(2)7-9-17)21(26)24-13-10-18(15-24)23-11-4-5-12-23/h6-9,14,18H,3-5,10-13,15H2,1-2H3/t18-/m0/s1. The fourth-order valence-electron chi connectivity index (χ4n) is 4.30. The molecule has 1 atom stereocenters. The Morgan fingerprint density at radius 3 is 2.58 bits per heavy atom. The molecule has 0 bridgehead atoms. The molecule has 4 rings (SSSR count). The molecule has 1 amide bonds. The number of carbonyl (C=O) groups is 1. The van der Waals surface area contributed by atoms with Gasteiger partial charge in [0.05, 0.1) is 23.1 Å². The Hall–Kier alpha value is -2.14. The van der Waals surface area contributed by atoms with Gasteiger partial charge in [0.1, 0.15) is 0 Å². The summed E-state index contributed by atoms with van der Waals surface area (Å²) in [4.78, 5) is 17.7. The molecule has 0 N–H and O–H groups in total. The van der Waals surface area contributed by atoms with Crippen molar-refractivity contribution in [2.45, 2.75) is 45.6 Å². The van der Waals surface area contributed by atoms with Crippen molar-refractivity contribution in [2.75, 3.05) is 26.2 Å².